The van der Waals surface area contributed by atoms with E-state index in [9.17, 15) is 0 Å². The second kappa shape index (κ2) is 8.36. The van der Waals surface area contributed by atoms with Crippen LogP contribution in [0.15, 0.2) is 116 Å². The zero-order valence-electron chi connectivity index (χ0n) is 18.2. The quantitative estimate of drug-likeness (QED) is 0.302. The molecule has 158 valence electrons. The van der Waals surface area contributed by atoms with Crippen LogP contribution in [0.2, 0.25) is 0 Å². The summed E-state index contributed by atoms with van der Waals surface area (Å²) in [5.41, 5.74) is 10.5. The molecule has 0 saturated carbocycles. The van der Waals surface area contributed by atoms with E-state index >= 15 is 0 Å². The molecule has 2 aromatic heterocycles. The second-order valence-corrected chi connectivity index (χ2v) is 8.29. The monoisotopic (exact) mass is 425 g/mol. The molecule has 0 saturated heterocycles. The Morgan fingerprint density at radius 1 is 0.515 bits per heavy atom. The average molecular weight is 426 g/mol. The summed E-state index contributed by atoms with van der Waals surface area (Å²) in [4.78, 5) is 11.6. The third-order valence-corrected chi connectivity index (χ3v) is 6.25. The van der Waals surface area contributed by atoms with E-state index in [1.807, 2.05) is 36.7 Å². The normalized spacial score (nSPS) is 12.5. The van der Waals surface area contributed by atoms with Crippen molar-refractivity contribution in [2.45, 2.75) is 12.8 Å². The molecular formula is C30H23N3. The molecule has 3 nitrogen and oxygen atoms in total. The van der Waals surface area contributed by atoms with E-state index in [0.29, 0.717) is 0 Å². The van der Waals surface area contributed by atoms with Gasteiger partial charge in [-0.2, -0.15) is 0 Å². The first-order valence-electron chi connectivity index (χ1n) is 11.3. The summed E-state index contributed by atoms with van der Waals surface area (Å²) in [5, 5.41) is 0. The van der Waals surface area contributed by atoms with Crippen molar-refractivity contribution in [3.63, 3.8) is 0 Å². The number of hydrogen-bond acceptors (Lipinski definition) is 3. The van der Waals surface area contributed by atoms with E-state index in [2.05, 4.69) is 93.7 Å². The maximum Gasteiger partial charge on any atom is 0.0702 e. The molecule has 0 aliphatic carbocycles. The van der Waals surface area contributed by atoms with E-state index in [4.69, 9.17) is 0 Å². The minimum atomic E-state index is 0.977. The molecule has 3 heteroatoms. The lowest BCUT2D eigenvalue weighted by Crippen LogP contribution is -2.12. The van der Waals surface area contributed by atoms with Crippen molar-refractivity contribution in [1.82, 2.24) is 9.97 Å². The molecular weight excluding hydrogens is 402 g/mol. The Kier molecular flexibility index (Phi) is 4.93. The fourth-order valence-corrected chi connectivity index (χ4v) is 4.63. The SMILES string of the molecule is c1ccc(-c2cccc(N3c4ccccc4CCc4ccc(-c5ccccn5)cc43)c2)nc1. The Bertz CT molecular complexity index is 1410. The number of aromatic nitrogens is 2. The topological polar surface area (TPSA) is 29.0 Å². The van der Waals surface area contributed by atoms with E-state index in [1.165, 1.54) is 22.5 Å². The number of benzene rings is 3. The fraction of sp³-hybridized carbons (Fsp3) is 0.0667. The lowest BCUT2D eigenvalue weighted by atomic mass is 10.0. The average Bonchev–Trinajstić information content (AvgIpc) is 3.06. The van der Waals surface area contributed by atoms with Crippen molar-refractivity contribution < 1.29 is 0 Å². The van der Waals surface area contributed by atoms with E-state index in [1.54, 1.807) is 0 Å². The molecule has 0 N–H and O–H groups in total. The Balaban J connectivity index is 1.56. The van der Waals surface area contributed by atoms with Crippen molar-refractivity contribution in [2.75, 3.05) is 4.90 Å². The highest BCUT2D eigenvalue weighted by Gasteiger charge is 2.23. The van der Waals surface area contributed by atoms with Crippen LogP contribution in [0.5, 0.6) is 0 Å². The van der Waals surface area contributed by atoms with Gasteiger partial charge in [0, 0.05) is 34.9 Å². The van der Waals surface area contributed by atoms with Gasteiger partial charge >= 0.3 is 0 Å². The standard InChI is InChI=1S/C30H23N3/c1-2-13-29-22(8-1)14-15-23-16-17-25(28-12-4-6-19-32-28)21-30(23)33(29)26-10-7-9-24(20-26)27-11-3-5-18-31-27/h1-13,16-21H,14-15H2. The van der Waals surface area contributed by atoms with Gasteiger partial charge in [0.2, 0.25) is 0 Å². The molecule has 33 heavy (non-hydrogen) atoms. The first kappa shape index (κ1) is 19.4. The molecule has 3 heterocycles. The summed E-state index contributed by atoms with van der Waals surface area (Å²) in [6.07, 6.45) is 5.72. The van der Waals surface area contributed by atoms with Gasteiger partial charge in [-0.05, 0) is 72.5 Å². The number of anilines is 3. The van der Waals surface area contributed by atoms with Crippen molar-refractivity contribution >= 4 is 17.1 Å². The van der Waals surface area contributed by atoms with Crippen LogP contribution in [-0.4, -0.2) is 9.97 Å². The molecule has 0 radical (unpaired) electrons. The summed E-state index contributed by atoms with van der Waals surface area (Å²) in [7, 11) is 0. The zero-order valence-corrected chi connectivity index (χ0v) is 18.2. The molecule has 1 aliphatic rings. The maximum absolute atomic E-state index is 4.59. The Morgan fingerprint density at radius 2 is 1.18 bits per heavy atom. The van der Waals surface area contributed by atoms with Gasteiger partial charge in [-0.15, -0.1) is 0 Å². The van der Waals surface area contributed by atoms with Gasteiger partial charge in [-0.25, -0.2) is 0 Å². The van der Waals surface area contributed by atoms with Crippen molar-refractivity contribution in [2.24, 2.45) is 0 Å². The van der Waals surface area contributed by atoms with Crippen molar-refractivity contribution in [1.29, 1.82) is 0 Å². The summed E-state index contributed by atoms with van der Waals surface area (Å²) < 4.78 is 0. The van der Waals surface area contributed by atoms with Crippen LogP contribution in [0.4, 0.5) is 17.1 Å². The number of para-hydroxylation sites is 1. The molecule has 0 atom stereocenters. The van der Waals surface area contributed by atoms with Gasteiger partial charge < -0.3 is 4.90 Å². The zero-order chi connectivity index (χ0) is 22.0. The largest absolute Gasteiger partial charge is 0.310 e. The van der Waals surface area contributed by atoms with E-state index < -0.39 is 0 Å². The van der Waals surface area contributed by atoms with Crippen LogP contribution in [0.1, 0.15) is 11.1 Å². The Morgan fingerprint density at radius 3 is 1.91 bits per heavy atom. The van der Waals surface area contributed by atoms with Crippen molar-refractivity contribution in [3.05, 3.63) is 127 Å². The van der Waals surface area contributed by atoms with Gasteiger partial charge in [-0.1, -0.05) is 54.6 Å². The van der Waals surface area contributed by atoms with Crippen LogP contribution in [0, 0.1) is 0 Å². The molecule has 6 rings (SSSR count). The molecule has 0 amide bonds. The highest BCUT2D eigenvalue weighted by atomic mass is 15.1. The third kappa shape index (κ3) is 3.68. The van der Waals surface area contributed by atoms with Crippen LogP contribution in [0.25, 0.3) is 22.5 Å². The van der Waals surface area contributed by atoms with Gasteiger partial charge in [0.25, 0.3) is 0 Å². The predicted octanol–water partition coefficient (Wildman–Crippen LogP) is 7.38. The Hall–Kier alpha value is -4.24. The predicted molar refractivity (Wildman–Crippen MR) is 135 cm³/mol. The maximum atomic E-state index is 4.59. The van der Waals surface area contributed by atoms with Gasteiger partial charge in [-0.3, -0.25) is 9.97 Å². The molecule has 5 aromatic rings. The molecule has 0 spiro atoms. The Labute approximate surface area is 194 Å². The summed E-state index contributed by atoms with van der Waals surface area (Å²) >= 11 is 0. The lowest BCUT2D eigenvalue weighted by molar-refractivity contribution is 0.977. The summed E-state index contributed by atoms with van der Waals surface area (Å²) in [5.74, 6) is 0. The number of pyridine rings is 2. The van der Waals surface area contributed by atoms with E-state index in [-0.39, 0.29) is 0 Å². The molecule has 0 bridgehead atoms. The first-order valence-corrected chi connectivity index (χ1v) is 11.3. The highest BCUT2D eigenvalue weighted by molar-refractivity contribution is 5.85. The number of rotatable bonds is 3. The molecule has 3 aromatic carbocycles. The molecule has 0 fully saturated rings. The number of aryl methyl sites for hydroxylation is 2. The minimum Gasteiger partial charge on any atom is -0.310 e. The number of hydrogen-bond donors (Lipinski definition) is 0. The van der Waals surface area contributed by atoms with Crippen LogP contribution in [0.3, 0.4) is 0 Å². The van der Waals surface area contributed by atoms with E-state index in [0.717, 1.165) is 41.0 Å². The van der Waals surface area contributed by atoms with Crippen molar-refractivity contribution in [3.8, 4) is 22.5 Å². The summed E-state index contributed by atoms with van der Waals surface area (Å²) in [6, 6.07) is 36.3. The third-order valence-electron chi connectivity index (χ3n) is 6.25. The van der Waals surface area contributed by atoms with Gasteiger partial charge in [0.05, 0.1) is 17.1 Å². The van der Waals surface area contributed by atoms with Crippen LogP contribution >= 0.6 is 0 Å². The second-order valence-electron chi connectivity index (χ2n) is 8.29. The summed E-state index contributed by atoms with van der Waals surface area (Å²) in [6.45, 7) is 0. The minimum absolute atomic E-state index is 0.977. The first-order chi connectivity index (χ1) is 16.4. The van der Waals surface area contributed by atoms with Gasteiger partial charge in [0.15, 0.2) is 0 Å². The number of fused-ring (bicyclic) bond motifs is 2. The van der Waals surface area contributed by atoms with Crippen LogP contribution < -0.4 is 4.90 Å². The molecule has 1 aliphatic heterocycles. The fourth-order valence-electron chi connectivity index (χ4n) is 4.63. The smallest absolute Gasteiger partial charge is 0.0702 e. The lowest BCUT2D eigenvalue weighted by Gasteiger charge is -2.28. The molecule has 0 unspecified atom stereocenters. The number of nitrogens with zero attached hydrogens (tertiary/aromatic N) is 3. The van der Waals surface area contributed by atoms with Crippen LogP contribution in [-0.2, 0) is 12.8 Å². The highest BCUT2D eigenvalue weighted by Crippen LogP contribution is 2.43. The van der Waals surface area contributed by atoms with Gasteiger partial charge in [0.1, 0.15) is 0 Å².